The van der Waals surface area contributed by atoms with E-state index in [1.165, 1.54) is 18.2 Å². The molecule has 0 atom stereocenters. The lowest BCUT2D eigenvalue weighted by Crippen LogP contribution is -2.07. The van der Waals surface area contributed by atoms with Gasteiger partial charge in [0.2, 0.25) is 0 Å². The smallest absolute Gasteiger partial charge is 0.306 e. The number of hydrogen-bond donors (Lipinski definition) is 1. The monoisotopic (exact) mass is 256 g/mol. The molecule has 0 radical (unpaired) electrons. The van der Waals surface area contributed by atoms with Gasteiger partial charge >= 0.3 is 5.97 Å². The number of aromatic hydroxyl groups is 1. The molecule has 0 saturated carbocycles. The highest BCUT2D eigenvalue weighted by molar-refractivity contribution is 6.32. The van der Waals surface area contributed by atoms with Gasteiger partial charge in [0.25, 0.3) is 0 Å². The van der Waals surface area contributed by atoms with E-state index < -0.39 is 5.97 Å². The van der Waals surface area contributed by atoms with Crippen LogP contribution in [0, 0.1) is 0 Å². The van der Waals surface area contributed by atoms with Crippen molar-refractivity contribution in [3.05, 3.63) is 28.8 Å². The summed E-state index contributed by atoms with van der Waals surface area (Å²) in [6.45, 7) is 2.01. The first-order valence-electron chi connectivity index (χ1n) is 5.22. The fourth-order valence-electron chi connectivity index (χ4n) is 1.27. The Morgan fingerprint density at radius 2 is 2.06 bits per heavy atom. The van der Waals surface area contributed by atoms with Crippen molar-refractivity contribution < 1.29 is 19.4 Å². The van der Waals surface area contributed by atoms with E-state index >= 15 is 0 Å². The summed E-state index contributed by atoms with van der Waals surface area (Å²) in [4.78, 5) is 22.7. The largest absolute Gasteiger partial charge is 0.506 e. The zero-order valence-electron chi connectivity index (χ0n) is 9.40. The fraction of sp³-hybridized carbons (Fsp3) is 0.333. The minimum absolute atomic E-state index is 0.0468. The first-order valence-corrected chi connectivity index (χ1v) is 5.59. The van der Waals surface area contributed by atoms with Gasteiger partial charge in [-0.3, -0.25) is 9.59 Å². The second kappa shape index (κ2) is 6.25. The molecule has 0 saturated heterocycles. The summed E-state index contributed by atoms with van der Waals surface area (Å²) in [6.07, 6.45) is 0.116. The molecule has 5 heteroatoms. The maximum atomic E-state index is 11.7. The van der Waals surface area contributed by atoms with Gasteiger partial charge < -0.3 is 9.84 Å². The van der Waals surface area contributed by atoms with Gasteiger partial charge in [-0.15, -0.1) is 0 Å². The van der Waals surface area contributed by atoms with Crippen molar-refractivity contribution in [3.63, 3.8) is 0 Å². The average molecular weight is 257 g/mol. The van der Waals surface area contributed by atoms with Gasteiger partial charge in [0, 0.05) is 12.0 Å². The van der Waals surface area contributed by atoms with Gasteiger partial charge in [-0.1, -0.05) is 11.6 Å². The summed E-state index contributed by atoms with van der Waals surface area (Å²) in [5.74, 6) is -0.681. The van der Waals surface area contributed by atoms with E-state index in [0.717, 1.165) is 0 Å². The Hall–Kier alpha value is -1.55. The summed E-state index contributed by atoms with van der Waals surface area (Å²) < 4.78 is 4.71. The summed E-state index contributed by atoms with van der Waals surface area (Å²) in [5, 5.41) is 9.31. The van der Waals surface area contributed by atoms with Crippen molar-refractivity contribution in [1.82, 2.24) is 0 Å². The molecule has 0 bridgehead atoms. The molecular formula is C12H13ClO4. The topological polar surface area (TPSA) is 63.6 Å². The molecule has 4 nitrogen and oxygen atoms in total. The van der Waals surface area contributed by atoms with Crippen LogP contribution in [0.5, 0.6) is 5.75 Å². The van der Waals surface area contributed by atoms with Crippen molar-refractivity contribution in [2.75, 3.05) is 6.61 Å². The predicted octanol–water partition coefficient (Wildman–Crippen LogP) is 2.57. The highest BCUT2D eigenvalue weighted by Gasteiger charge is 2.11. The molecule has 0 aliphatic heterocycles. The molecule has 0 fully saturated rings. The summed E-state index contributed by atoms with van der Waals surface area (Å²) >= 11 is 5.68. The molecule has 1 rings (SSSR count). The van der Waals surface area contributed by atoms with Crippen molar-refractivity contribution >= 4 is 23.4 Å². The van der Waals surface area contributed by atoms with Crippen LogP contribution in [0.1, 0.15) is 30.1 Å². The van der Waals surface area contributed by atoms with Crippen LogP contribution in [0.25, 0.3) is 0 Å². The molecule has 1 N–H and O–H groups in total. The van der Waals surface area contributed by atoms with Crippen LogP contribution < -0.4 is 0 Å². The number of Topliss-reactive ketones (excluding diaryl/α,β-unsaturated/α-hetero) is 1. The highest BCUT2D eigenvalue weighted by atomic mass is 35.5. The van der Waals surface area contributed by atoms with Crippen molar-refractivity contribution in [2.45, 2.75) is 19.8 Å². The zero-order chi connectivity index (χ0) is 12.8. The predicted molar refractivity (Wildman–Crippen MR) is 63.3 cm³/mol. The van der Waals surface area contributed by atoms with Gasteiger partial charge in [0.15, 0.2) is 5.78 Å². The van der Waals surface area contributed by atoms with Gasteiger partial charge in [-0.2, -0.15) is 0 Å². The number of ether oxygens (including phenoxy) is 1. The number of esters is 1. The summed E-state index contributed by atoms with van der Waals surface area (Å²) in [7, 11) is 0. The lowest BCUT2D eigenvalue weighted by Gasteiger charge is -2.03. The number of hydrogen-bond acceptors (Lipinski definition) is 4. The Balaban J connectivity index is 2.58. The van der Waals surface area contributed by atoms with Crippen molar-refractivity contribution in [3.8, 4) is 5.75 Å². The number of benzene rings is 1. The van der Waals surface area contributed by atoms with Gasteiger partial charge in [0.05, 0.1) is 18.1 Å². The number of phenolic OH excluding ortho intramolecular Hbond substituents is 1. The van der Waals surface area contributed by atoms with Gasteiger partial charge in [0.1, 0.15) is 5.75 Å². The number of carbonyl (C=O) groups excluding carboxylic acids is 2. The second-order valence-electron chi connectivity index (χ2n) is 3.39. The van der Waals surface area contributed by atoms with E-state index in [2.05, 4.69) is 0 Å². The molecule has 0 amide bonds. The first kappa shape index (κ1) is 13.5. The number of phenols is 1. The molecule has 0 unspecified atom stereocenters. The van der Waals surface area contributed by atoms with Gasteiger partial charge in [-0.05, 0) is 25.1 Å². The molecule has 0 heterocycles. The minimum atomic E-state index is -0.397. The van der Waals surface area contributed by atoms with Crippen LogP contribution >= 0.6 is 11.6 Å². The molecule has 0 aliphatic rings. The molecule has 1 aromatic rings. The van der Waals surface area contributed by atoms with Crippen LogP contribution in [0.3, 0.4) is 0 Å². The van der Waals surface area contributed by atoms with Gasteiger partial charge in [-0.25, -0.2) is 0 Å². The van der Waals surface area contributed by atoms with E-state index in [9.17, 15) is 14.7 Å². The molecule has 17 heavy (non-hydrogen) atoms. The second-order valence-corrected chi connectivity index (χ2v) is 3.80. The zero-order valence-corrected chi connectivity index (χ0v) is 10.2. The normalized spacial score (nSPS) is 10.0. The molecule has 0 aliphatic carbocycles. The number of halogens is 1. The average Bonchev–Trinajstić information content (AvgIpc) is 2.30. The Morgan fingerprint density at radius 1 is 1.35 bits per heavy atom. The SMILES string of the molecule is CCOC(=O)CCC(=O)c1ccc(O)c(Cl)c1. The van der Waals surface area contributed by atoms with Crippen LogP contribution in [-0.2, 0) is 9.53 Å². The quantitative estimate of drug-likeness (QED) is 0.650. The molecule has 0 aromatic heterocycles. The fourth-order valence-corrected chi connectivity index (χ4v) is 1.45. The maximum absolute atomic E-state index is 11.7. The minimum Gasteiger partial charge on any atom is -0.506 e. The third-order valence-electron chi connectivity index (χ3n) is 2.13. The van der Waals surface area contributed by atoms with Crippen molar-refractivity contribution in [1.29, 1.82) is 0 Å². The van der Waals surface area contributed by atoms with E-state index in [4.69, 9.17) is 16.3 Å². The summed E-state index contributed by atoms with van der Waals surface area (Å²) in [5.41, 5.74) is 0.372. The number of carbonyl (C=O) groups is 2. The number of rotatable bonds is 5. The van der Waals surface area contributed by atoms with Crippen LogP contribution in [0.2, 0.25) is 5.02 Å². The lowest BCUT2D eigenvalue weighted by atomic mass is 10.1. The van der Waals surface area contributed by atoms with E-state index in [-0.39, 0.29) is 29.4 Å². The first-order chi connectivity index (χ1) is 8.04. The Morgan fingerprint density at radius 3 is 2.65 bits per heavy atom. The van der Waals surface area contributed by atoms with Crippen LogP contribution in [-0.4, -0.2) is 23.5 Å². The third-order valence-corrected chi connectivity index (χ3v) is 2.43. The molecule has 1 aromatic carbocycles. The molecule has 92 valence electrons. The maximum Gasteiger partial charge on any atom is 0.306 e. The van der Waals surface area contributed by atoms with E-state index in [1.807, 2.05) is 0 Å². The number of ketones is 1. The lowest BCUT2D eigenvalue weighted by molar-refractivity contribution is -0.143. The van der Waals surface area contributed by atoms with Crippen LogP contribution in [0.4, 0.5) is 0 Å². The Labute approximate surface area is 104 Å². The van der Waals surface area contributed by atoms with Crippen molar-refractivity contribution in [2.24, 2.45) is 0 Å². The van der Waals surface area contributed by atoms with E-state index in [0.29, 0.717) is 12.2 Å². The van der Waals surface area contributed by atoms with E-state index in [1.54, 1.807) is 6.92 Å². The molecular weight excluding hydrogens is 244 g/mol. The van der Waals surface area contributed by atoms with Crippen LogP contribution in [0.15, 0.2) is 18.2 Å². The molecule has 0 spiro atoms. The third kappa shape index (κ3) is 4.07. The Kier molecular flexibility index (Phi) is 4.97. The Bertz CT molecular complexity index is 429. The highest BCUT2D eigenvalue weighted by Crippen LogP contribution is 2.24. The summed E-state index contributed by atoms with van der Waals surface area (Å²) in [6, 6.07) is 4.19. The standard InChI is InChI=1S/C12H13ClO4/c1-2-17-12(16)6-5-10(14)8-3-4-11(15)9(13)7-8/h3-4,7,15H,2,5-6H2,1H3.